The van der Waals surface area contributed by atoms with E-state index in [2.05, 4.69) is 53.8 Å². The van der Waals surface area contributed by atoms with Crippen LogP contribution in [0.15, 0.2) is 29.6 Å². The molecule has 0 bridgehead atoms. The minimum absolute atomic E-state index is 0. The Hall–Kier alpha value is -0.900. The molecular weight excluding hydrogens is 276 g/mol. The van der Waals surface area contributed by atoms with Gasteiger partial charge in [-0.2, -0.15) is 0 Å². The largest absolute Gasteiger partial charge is 0.314 e. The highest BCUT2D eigenvalue weighted by atomic mass is 35.5. The minimum Gasteiger partial charge on any atom is -0.314 e. The molecule has 0 amide bonds. The fraction of sp³-hybridized carbons (Fsp3) is 0.400. The van der Waals surface area contributed by atoms with Crippen LogP contribution < -0.4 is 5.32 Å². The van der Waals surface area contributed by atoms with Crippen LogP contribution >= 0.6 is 23.7 Å². The monoisotopic (exact) mass is 296 g/mol. The van der Waals surface area contributed by atoms with Gasteiger partial charge in [0.15, 0.2) is 0 Å². The van der Waals surface area contributed by atoms with Gasteiger partial charge in [0, 0.05) is 17.5 Å². The third-order valence-electron chi connectivity index (χ3n) is 2.77. The van der Waals surface area contributed by atoms with E-state index < -0.39 is 0 Å². The van der Waals surface area contributed by atoms with Crippen LogP contribution in [-0.2, 0) is 13.0 Å². The molecule has 1 aromatic carbocycles. The van der Waals surface area contributed by atoms with Gasteiger partial charge in [0.1, 0.15) is 5.01 Å². The van der Waals surface area contributed by atoms with Crippen molar-refractivity contribution in [2.24, 2.45) is 5.92 Å². The minimum atomic E-state index is 0. The lowest BCUT2D eigenvalue weighted by Gasteiger charge is -2.05. The summed E-state index contributed by atoms with van der Waals surface area (Å²) in [5.41, 5.74) is 3.70. The lowest BCUT2D eigenvalue weighted by atomic mass is 10.0. The lowest BCUT2D eigenvalue weighted by molar-refractivity contribution is 0.647. The number of rotatable bonds is 5. The van der Waals surface area contributed by atoms with Gasteiger partial charge in [-0.25, -0.2) is 4.98 Å². The standard InChI is InChI=1S/C15H20N2S.ClH/c1-11(2)8-12-4-6-13(7-5-12)14-10-18-15(17-14)9-16-3;/h4-7,10-11,16H,8-9H2,1-3H3;1H. The second-order valence-corrected chi connectivity index (χ2v) is 5.89. The highest BCUT2D eigenvalue weighted by molar-refractivity contribution is 7.09. The van der Waals surface area contributed by atoms with E-state index in [1.54, 1.807) is 11.3 Å². The predicted molar refractivity (Wildman–Crippen MR) is 86.1 cm³/mol. The zero-order valence-electron chi connectivity index (χ0n) is 11.6. The third-order valence-corrected chi connectivity index (χ3v) is 3.62. The summed E-state index contributed by atoms with van der Waals surface area (Å²) in [6, 6.07) is 8.78. The van der Waals surface area contributed by atoms with Gasteiger partial charge in [-0.05, 0) is 24.9 Å². The molecule has 0 aliphatic rings. The van der Waals surface area contributed by atoms with Crippen LogP contribution in [-0.4, -0.2) is 12.0 Å². The third kappa shape index (κ3) is 4.60. The van der Waals surface area contributed by atoms with Crippen LogP contribution in [0.3, 0.4) is 0 Å². The highest BCUT2D eigenvalue weighted by Gasteiger charge is 2.04. The number of thiazole rings is 1. The number of nitrogens with one attached hydrogen (secondary N) is 1. The normalized spacial score (nSPS) is 10.5. The second kappa shape index (κ2) is 7.63. The molecule has 4 heteroatoms. The Morgan fingerprint density at radius 1 is 1.21 bits per heavy atom. The summed E-state index contributed by atoms with van der Waals surface area (Å²) in [6.07, 6.45) is 1.14. The van der Waals surface area contributed by atoms with Gasteiger partial charge >= 0.3 is 0 Å². The first-order valence-corrected chi connectivity index (χ1v) is 7.25. The molecule has 0 aliphatic heterocycles. The maximum absolute atomic E-state index is 4.62. The van der Waals surface area contributed by atoms with Crippen LogP contribution in [0.25, 0.3) is 11.3 Å². The second-order valence-electron chi connectivity index (χ2n) is 4.95. The van der Waals surface area contributed by atoms with E-state index in [0.29, 0.717) is 5.92 Å². The van der Waals surface area contributed by atoms with Crippen LogP contribution in [0.2, 0.25) is 0 Å². The molecule has 0 fully saturated rings. The van der Waals surface area contributed by atoms with E-state index in [1.807, 2.05) is 7.05 Å². The molecule has 0 radical (unpaired) electrons. The van der Waals surface area contributed by atoms with Gasteiger partial charge in [-0.3, -0.25) is 0 Å². The molecular formula is C15H21ClN2S. The smallest absolute Gasteiger partial charge is 0.107 e. The van der Waals surface area contributed by atoms with Gasteiger partial charge < -0.3 is 5.32 Å². The fourth-order valence-corrected chi connectivity index (χ4v) is 2.77. The molecule has 0 saturated carbocycles. The molecule has 2 aromatic rings. The Balaban J connectivity index is 0.00000180. The average molecular weight is 297 g/mol. The molecule has 0 saturated heterocycles. The summed E-state index contributed by atoms with van der Waals surface area (Å²) in [5.74, 6) is 0.706. The highest BCUT2D eigenvalue weighted by Crippen LogP contribution is 2.22. The number of halogens is 1. The van der Waals surface area contributed by atoms with Crippen molar-refractivity contribution < 1.29 is 0 Å². The number of nitrogens with zero attached hydrogens (tertiary/aromatic N) is 1. The number of benzene rings is 1. The van der Waals surface area contributed by atoms with Gasteiger partial charge in [0.25, 0.3) is 0 Å². The van der Waals surface area contributed by atoms with Gasteiger partial charge in [-0.1, -0.05) is 38.1 Å². The molecule has 0 atom stereocenters. The zero-order valence-corrected chi connectivity index (χ0v) is 13.3. The van der Waals surface area contributed by atoms with Gasteiger partial charge in [0.05, 0.1) is 5.69 Å². The Labute approximate surface area is 125 Å². The van der Waals surface area contributed by atoms with Crippen LogP contribution in [0.5, 0.6) is 0 Å². The summed E-state index contributed by atoms with van der Waals surface area (Å²) in [7, 11) is 1.95. The molecule has 0 unspecified atom stereocenters. The van der Waals surface area contributed by atoms with Crippen molar-refractivity contribution in [3.63, 3.8) is 0 Å². The molecule has 0 spiro atoms. The average Bonchev–Trinajstić information content (AvgIpc) is 2.78. The summed E-state index contributed by atoms with van der Waals surface area (Å²) in [6.45, 7) is 5.34. The molecule has 19 heavy (non-hydrogen) atoms. The molecule has 1 N–H and O–H groups in total. The van der Waals surface area contributed by atoms with Gasteiger partial charge in [-0.15, -0.1) is 23.7 Å². The van der Waals surface area contributed by atoms with E-state index in [1.165, 1.54) is 11.1 Å². The fourth-order valence-electron chi connectivity index (χ4n) is 1.96. The molecule has 0 aliphatic carbocycles. The first-order valence-electron chi connectivity index (χ1n) is 6.37. The topological polar surface area (TPSA) is 24.9 Å². The summed E-state index contributed by atoms with van der Waals surface area (Å²) in [4.78, 5) is 4.62. The lowest BCUT2D eigenvalue weighted by Crippen LogP contribution is -2.04. The number of aromatic nitrogens is 1. The van der Waals surface area contributed by atoms with E-state index in [0.717, 1.165) is 23.7 Å². The Bertz CT molecular complexity index is 491. The first kappa shape index (κ1) is 16.2. The summed E-state index contributed by atoms with van der Waals surface area (Å²) >= 11 is 1.71. The molecule has 2 nitrogen and oxygen atoms in total. The molecule has 1 heterocycles. The van der Waals surface area contributed by atoms with Crippen molar-refractivity contribution in [3.8, 4) is 11.3 Å². The van der Waals surface area contributed by atoms with Crippen molar-refractivity contribution >= 4 is 23.7 Å². The van der Waals surface area contributed by atoms with Crippen molar-refractivity contribution in [1.82, 2.24) is 10.3 Å². The van der Waals surface area contributed by atoms with Crippen LogP contribution in [0.1, 0.15) is 24.4 Å². The maximum atomic E-state index is 4.62. The maximum Gasteiger partial charge on any atom is 0.107 e. The van der Waals surface area contributed by atoms with Crippen LogP contribution in [0.4, 0.5) is 0 Å². The number of hydrogen-bond acceptors (Lipinski definition) is 3. The SMILES string of the molecule is CNCc1nc(-c2ccc(CC(C)C)cc2)cs1.Cl. The van der Waals surface area contributed by atoms with Crippen molar-refractivity contribution in [2.75, 3.05) is 7.05 Å². The van der Waals surface area contributed by atoms with Crippen molar-refractivity contribution in [2.45, 2.75) is 26.8 Å². The number of hydrogen-bond donors (Lipinski definition) is 1. The quantitative estimate of drug-likeness (QED) is 0.896. The van der Waals surface area contributed by atoms with E-state index >= 15 is 0 Å². The van der Waals surface area contributed by atoms with E-state index in [9.17, 15) is 0 Å². The predicted octanol–water partition coefficient (Wildman–Crippen LogP) is 4.15. The molecule has 1 aromatic heterocycles. The van der Waals surface area contributed by atoms with Gasteiger partial charge in [0.2, 0.25) is 0 Å². The summed E-state index contributed by atoms with van der Waals surface area (Å²) in [5, 5.41) is 6.39. The Kier molecular flexibility index (Phi) is 6.49. The molecule has 2 rings (SSSR count). The first-order chi connectivity index (χ1) is 8.69. The van der Waals surface area contributed by atoms with Crippen molar-refractivity contribution in [1.29, 1.82) is 0 Å². The van der Waals surface area contributed by atoms with Crippen molar-refractivity contribution in [3.05, 3.63) is 40.2 Å². The molecule has 104 valence electrons. The Morgan fingerprint density at radius 3 is 2.47 bits per heavy atom. The summed E-state index contributed by atoms with van der Waals surface area (Å²) < 4.78 is 0. The Morgan fingerprint density at radius 2 is 1.89 bits per heavy atom. The van der Waals surface area contributed by atoms with E-state index in [4.69, 9.17) is 0 Å². The van der Waals surface area contributed by atoms with Crippen LogP contribution in [0, 0.1) is 5.92 Å². The zero-order chi connectivity index (χ0) is 13.0. The van der Waals surface area contributed by atoms with E-state index in [-0.39, 0.29) is 12.4 Å².